The Morgan fingerprint density at radius 1 is 1.30 bits per heavy atom. The fraction of sp³-hybridized carbons (Fsp3) is 0.611. The van der Waals surface area contributed by atoms with E-state index >= 15 is 0 Å². The maximum absolute atomic E-state index is 13.9. The van der Waals surface area contributed by atoms with Crippen LogP contribution in [0.1, 0.15) is 30.1 Å². The second kappa shape index (κ2) is 6.97. The molecule has 3 rings (SSSR count). The van der Waals surface area contributed by atoms with E-state index in [4.69, 9.17) is 4.74 Å². The van der Waals surface area contributed by atoms with Crippen LogP contribution < -0.4 is 0 Å². The van der Waals surface area contributed by atoms with Gasteiger partial charge in [-0.1, -0.05) is 19.1 Å². The molecule has 2 aliphatic rings. The van der Waals surface area contributed by atoms with Crippen molar-refractivity contribution in [2.24, 2.45) is 5.41 Å². The van der Waals surface area contributed by atoms with Gasteiger partial charge in [0.1, 0.15) is 5.82 Å². The predicted molar refractivity (Wildman–Crippen MR) is 86.9 cm³/mol. The Labute approximate surface area is 137 Å². The number of rotatable bonds is 2. The van der Waals surface area contributed by atoms with Crippen molar-refractivity contribution in [3.63, 3.8) is 0 Å². The van der Waals surface area contributed by atoms with Gasteiger partial charge < -0.3 is 14.5 Å². The van der Waals surface area contributed by atoms with Crippen LogP contribution in [0.2, 0.25) is 0 Å². The van der Waals surface area contributed by atoms with Gasteiger partial charge in [0.25, 0.3) is 5.91 Å². The van der Waals surface area contributed by atoms with Gasteiger partial charge in [-0.15, -0.1) is 0 Å². The molecule has 1 aromatic carbocycles. The van der Waals surface area contributed by atoms with Crippen molar-refractivity contribution in [3.8, 4) is 0 Å². The first kappa shape index (κ1) is 16.4. The molecule has 0 bridgehead atoms. The molecule has 23 heavy (non-hydrogen) atoms. The molecular weight excluding hydrogens is 295 g/mol. The summed E-state index contributed by atoms with van der Waals surface area (Å²) in [6.07, 6.45) is 2.01. The van der Waals surface area contributed by atoms with Gasteiger partial charge in [-0.2, -0.15) is 0 Å². The molecule has 2 fully saturated rings. The number of hydrogen-bond donors (Lipinski definition) is 0. The highest BCUT2D eigenvalue weighted by Gasteiger charge is 2.40. The molecule has 2 heterocycles. The molecule has 2 aliphatic heterocycles. The fourth-order valence-electron chi connectivity index (χ4n) is 3.78. The zero-order valence-electron chi connectivity index (χ0n) is 13.8. The van der Waals surface area contributed by atoms with Crippen LogP contribution in [0.15, 0.2) is 24.3 Å². The van der Waals surface area contributed by atoms with Gasteiger partial charge in [-0.05, 0) is 31.5 Å². The Hall–Kier alpha value is -1.46. The first-order valence-corrected chi connectivity index (χ1v) is 8.47. The molecule has 1 atom stereocenters. The Kier molecular flexibility index (Phi) is 4.97. The quantitative estimate of drug-likeness (QED) is 0.839. The highest BCUT2D eigenvalue weighted by atomic mass is 19.1. The molecular formula is C18H25FN2O2. The van der Waals surface area contributed by atoms with Gasteiger partial charge >= 0.3 is 0 Å². The minimum absolute atomic E-state index is 0.0221. The number of likely N-dealkylation sites (N-methyl/N-ethyl adjacent to an activating group) is 1. The molecule has 1 spiro atoms. The van der Waals surface area contributed by atoms with E-state index in [1.807, 2.05) is 4.90 Å². The Morgan fingerprint density at radius 2 is 2.13 bits per heavy atom. The van der Waals surface area contributed by atoms with E-state index in [-0.39, 0.29) is 16.9 Å². The number of nitrogens with zero attached hydrogens (tertiary/aromatic N) is 2. The lowest BCUT2D eigenvalue weighted by molar-refractivity contribution is 0.00749. The standard InChI is InChI=1S/C18H25FN2O2/c1-2-20-10-11-23-14-18(12-20)8-5-9-21(13-18)17(22)15-6-3-4-7-16(15)19/h3-4,6-7H,2,5,8-14H2,1H3/t18-/m1/s1. The van der Waals surface area contributed by atoms with Crippen LogP contribution in [0, 0.1) is 11.2 Å². The Bertz CT molecular complexity index is 566. The lowest BCUT2D eigenvalue weighted by atomic mass is 9.80. The Balaban J connectivity index is 1.77. The number of halogens is 1. The molecule has 4 nitrogen and oxygen atoms in total. The molecule has 5 heteroatoms. The van der Waals surface area contributed by atoms with Gasteiger partial charge in [0, 0.05) is 31.6 Å². The zero-order valence-corrected chi connectivity index (χ0v) is 13.8. The van der Waals surface area contributed by atoms with Gasteiger partial charge in [-0.25, -0.2) is 4.39 Å². The van der Waals surface area contributed by atoms with Crippen molar-refractivity contribution in [1.82, 2.24) is 9.80 Å². The van der Waals surface area contributed by atoms with Crippen LogP contribution in [-0.2, 0) is 4.74 Å². The minimum atomic E-state index is -0.440. The lowest BCUT2D eigenvalue weighted by Gasteiger charge is -2.43. The molecule has 126 valence electrons. The number of ether oxygens (including phenoxy) is 1. The molecule has 0 saturated carbocycles. The predicted octanol–water partition coefficient (Wildman–Crippen LogP) is 2.40. The number of hydrogen-bond acceptors (Lipinski definition) is 3. The summed E-state index contributed by atoms with van der Waals surface area (Å²) in [5, 5.41) is 0. The third-order valence-corrected chi connectivity index (χ3v) is 5.02. The number of carbonyl (C=O) groups is 1. The largest absolute Gasteiger partial charge is 0.379 e. The average molecular weight is 320 g/mol. The molecule has 1 aromatic rings. The van der Waals surface area contributed by atoms with E-state index in [0.29, 0.717) is 19.7 Å². The van der Waals surface area contributed by atoms with E-state index in [1.54, 1.807) is 18.2 Å². The molecule has 0 N–H and O–H groups in total. The number of piperidine rings is 1. The molecule has 1 amide bonds. The SMILES string of the molecule is CCN1CCOC[C@]2(CCCN(C(=O)c3ccccc3F)C2)C1. The van der Waals surface area contributed by atoms with Gasteiger partial charge in [-0.3, -0.25) is 4.79 Å². The second-order valence-corrected chi connectivity index (χ2v) is 6.73. The second-order valence-electron chi connectivity index (χ2n) is 6.73. The van der Waals surface area contributed by atoms with Crippen molar-refractivity contribution in [2.75, 3.05) is 45.9 Å². The number of likely N-dealkylation sites (tertiary alicyclic amines) is 1. The summed E-state index contributed by atoms with van der Waals surface area (Å²) >= 11 is 0. The van der Waals surface area contributed by atoms with Crippen molar-refractivity contribution in [2.45, 2.75) is 19.8 Å². The van der Waals surface area contributed by atoms with E-state index in [0.717, 1.165) is 39.1 Å². The molecule has 0 radical (unpaired) electrons. The van der Waals surface area contributed by atoms with Crippen LogP contribution in [0.5, 0.6) is 0 Å². The van der Waals surface area contributed by atoms with Crippen LogP contribution in [0.3, 0.4) is 0 Å². The minimum Gasteiger partial charge on any atom is -0.379 e. The summed E-state index contributed by atoms with van der Waals surface area (Å²) in [5.74, 6) is -0.640. The first-order chi connectivity index (χ1) is 11.1. The zero-order chi connectivity index (χ0) is 16.3. The summed E-state index contributed by atoms with van der Waals surface area (Å²) in [4.78, 5) is 16.9. The summed E-state index contributed by atoms with van der Waals surface area (Å²) < 4.78 is 19.8. The van der Waals surface area contributed by atoms with Crippen LogP contribution in [-0.4, -0.2) is 61.6 Å². The number of carbonyl (C=O) groups excluding carboxylic acids is 1. The van der Waals surface area contributed by atoms with Crippen LogP contribution >= 0.6 is 0 Å². The Morgan fingerprint density at radius 3 is 2.91 bits per heavy atom. The maximum atomic E-state index is 13.9. The third kappa shape index (κ3) is 3.56. The van der Waals surface area contributed by atoms with Crippen LogP contribution in [0.25, 0.3) is 0 Å². The molecule has 0 aliphatic carbocycles. The van der Waals surface area contributed by atoms with Crippen molar-refractivity contribution in [3.05, 3.63) is 35.6 Å². The summed E-state index contributed by atoms with van der Waals surface area (Å²) in [5.41, 5.74) is 0.150. The van der Waals surface area contributed by atoms with Gasteiger partial charge in [0.05, 0.1) is 18.8 Å². The van der Waals surface area contributed by atoms with Crippen molar-refractivity contribution >= 4 is 5.91 Å². The summed E-state index contributed by atoms with van der Waals surface area (Å²) in [7, 11) is 0. The van der Waals surface area contributed by atoms with E-state index < -0.39 is 5.82 Å². The van der Waals surface area contributed by atoms with Gasteiger partial charge in [0.2, 0.25) is 0 Å². The smallest absolute Gasteiger partial charge is 0.256 e. The summed E-state index contributed by atoms with van der Waals surface area (Å²) in [6, 6.07) is 6.24. The molecule has 0 unspecified atom stereocenters. The monoisotopic (exact) mass is 320 g/mol. The van der Waals surface area contributed by atoms with E-state index in [9.17, 15) is 9.18 Å². The number of amides is 1. The highest BCUT2D eigenvalue weighted by molar-refractivity contribution is 5.94. The third-order valence-electron chi connectivity index (χ3n) is 5.02. The normalized spacial score (nSPS) is 26.3. The first-order valence-electron chi connectivity index (χ1n) is 8.47. The highest BCUT2D eigenvalue weighted by Crippen LogP contribution is 2.33. The summed E-state index contributed by atoms with van der Waals surface area (Å²) in [6.45, 7) is 7.82. The molecule has 0 aromatic heterocycles. The van der Waals surface area contributed by atoms with Crippen molar-refractivity contribution in [1.29, 1.82) is 0 Å². The maximum Gasteiger partial charge on any atom is 0.256 e. The average Bonchev–Trinajstić information content (AvgIpc) is 2.77. The molecule has 2 saturated heterocycles. The topological polar surface area (TPSA) is 32.8 Å². The van der Waals surface area contributed by atoms with E-state index in [2.05, 4.69) is 11.8 Å². The lowest BCUT2D eigenvalue weighted by Crippen LogP contribution is -2.52. The van der Waals surface area contributed by atoms with Crippen LogP contribution in [0.4, 0.5) is 4.39 Å². The van der Waals surface area contributed by atoms with Gasteiger partial charge in [0.15, 0.2) is 0 Å². The fourth-order valence-corrected chi connectivity index (χ4v) is 3.78. The number of benzene rings is 1. The van der Waals surface area contributed by atoms with Crippen molar-refractivity contribution < 1.29 is 13.9 Å². The van der Waals surface area contributed by atoms with E-state index in [1.165, 1.54) is 6.07 Å².